The average Bonchev–Trinajstić information content (AvgIpc) is 2.85. The highest BCUT2D eigenvalue weighted by molar-refractivity contribution is 6.74. The van der Waals surface area contributed by atoms with Gasteiger partial charge in [-0.05, 0) is 18.1 Å². The maximum absolute atomic E-state index is 12.4. The van der Waals surface area contributed by atoms with E-state index in [2.05, 4.69) is 44.6 Å². The monoisotopic (exact) mass is 353 g/mol. The Labute approximate surface area is 143 Å². The maximum Gasteiger partial charge on any atom is 0.273 e. The summed E-state index contributed by atoms with van der Waals surface area (Å²) in [5, 5.41) is 2.60. The van der Waals surface area contributed by atoms with Crippen molar-refractivity contribution in [2.75, 3.05) is 26.1 Å². The lowest BCUT2D eigenvalue weighted by atomic mass is 10.2. The van der Waals surface area contributed by atoms with Crippen LogP contribution < -0.4 is 20.9 Å². The number of carbonyl (C=O) groups excluding carboxylic acids is 1. The molecule has 0 saturated carbocycles. The molecule has 0 aliphatic carbocycles. The van der Waals surface area contributed by atoms with E-state index in [1.807, 2.05) is 0 Å². The summed E-state index contributed by atoms with van der Waals surface area (Å²) in [7, 11) is 0.884. The van der Waals surface area contributed by atoms with E-state index in [0.717, 1.165) is 0 Å². The second-order valence-corrected chi connectivity index (χ2v) is 12.2. The molecule has 1 atom stereocenters. The van der Waals surface area contributed by atoms with Gasteiger partial charge in [-0.1, -0.05) is 20.8 Å². The first-order chi connectivity index (χ1) is 11.0. The molecule has 1 aromatic heterocycles. The lowest BCUT2D eigenvalue weighted by molar-refractivity contribution is 0.0950. The molecule has 134 valence electrons. The molecule has 0 bridgehead atoms. The zero-order chi connectivity index (χ0) is 18.3. The van der Waals surface area contributed by atoms with E-state index in [-0.39, 0.29) is 33.9 Å². The minimum atomic E-state index is -2.02. The summed E-state index contributed by atoms with van der Waals surface area (Å²) in [5.74, 6) is -0.357. The molecule has 1 aliphatic rings. The van der Waals surface area contributed by atoms with E-state index in [9.17, 15) is 9.59 Å². The molecule has 0 fully saturated rings. The van der Waals surface area contributed by atoms with Crippen LogP contribution in [-0.4, -0.2) is 39.6 Å². The number of amides is 1. The first-order valence-corrected chi connectivity index (χ1v) is 10.9. The van der Waals surface area contributed by atoms with Crippen molar-refractivity contribution >= 4 is 14.2 Å². The number of hydrogen-bond donors (Lipinski definition) is 2. The van der Waals surface area contributed by atoms with Crippen molar-refractivity contribution in [3.8, 4) is 5.75 Å². The van der Waals surface area contributed by atoms with Gasteiger partial charge in [-0.3, -0.25) is 14.3 Å². The smallest absolute Gasteiger partial charge is 0.273 e. The Kier molecular flexibility index (Phi) is 4.83. The first kappa shape index (κ1) is 18.5. The average molecular weight is 353 g/mol. The molecule has 2 N–H and O–H groups in total. The highest BCUT2D eigenvalue weighted by Crippen LogP contribution is 2.40. The number of methoxy groups -OCH3 is 1. The zero-order valence-corrected chi connectivity index (χ0v) is 16.4. The van der Waals surface area contributed by atoms with Crippen LogP contribution in [0.1, 0.15) is 43.1 Å². The number of nitrogens with one attached hydrogen (secondary N) is 2. The molecule has 2 rings (SSSR count). The lowest BCUT2D eigenvalue weighted by Crippen LogP contribution is -2.42. The molecule has 7 nitrogen and oxygen atoms in total. The van der Waals surface area contributed by atoms with E-state index in [0.29, 0.717) is 12.2 Å². The number of aromatic nitrogens is 1. The number of hydrogen-bond acceptors (Lipinski definition) is 5. The standard InChI is InChI=1S/C16H27N3O4Si/c1-16(2,3)24(6,7)23-12-9-18-19-10(12)8-11(20)14(22-5)13(19)15(21)17-4/h8,12,18H,9H2,1-7H3,(H,17,21). The van der Waals surface area contributed by atoms with Gasteiger partial charge in [-0.25, -0.2) is 0 Å². The van der Waals surface area contributed by atoms with Gasteiger partial charge in [0.05, 0.1) is 19.3 Å². The first-order valence-electron chi connectivity index (χ1n) is 8.01. The Morgan fingerprint density at radius 1 is 1.42 bits per heavy atom. The van der Waals surface area contributed by atoms with Crippen LogP contribution >= 0.6 is 0 Å². The predicted molar refractivity (Wildman–Crippen MR) is 95.9 cm³/mol. The Bertz CT molecular complexity index is 706. The van der Waals surface area contributed by atoms with Crippen molar-refractivity contribution < 1.29 is 14.0 Å². The third-order valence-electron chi connectivity index (χ3n) is 4.85. The highest BCUT2D eigenvalue weighted by atomic mass is 28.4. The van der Waals surface area contributed by atoms with Crippen LogP contribution in [0.15, 0.2) is 10.9 Å². The molecule has 0 saturated heterocycles. The number of pyridine rings is 1. The second kappa shape index (κ2) is 6.25. The zero-order valence-electron chi connectivity index (χ0n) is 15.4. The lowest BCUT2D eigenvalue weighted by Gasteiger charge is -2.38. The van der Waals surface area contributed by atoms with Gasteiger partial charge in [-0.2, -0.15) is 0 Å². The van der Waals surface area contributed by atoms with Crippen LogP contribution in [0.2, 0.25) is 18.1 Å². The normalized spacial score (nSPS) is 17.2. The summed E-state index contributed by atoms with van der Waals surface area (Å²) in [4.78, 5) is 24.6. The van der Waals surface area contributed by atoms with E-state index in [1.165, 1.54) is 20.2 Å². The van der Waals surface area contributed by atoms with E-state index >= 15 is 0 Å². The second-order valence-electron chi connectivity index (χ2n) is 7.46. The summed E-state index contributed by atoms with van der Waals surface area (Å²) in [6.07, 6.45) is -0.270. The van der Waals surface area contributed by atoms with Gasteiger partial charge in [0.15, 0.2) is 19.8 Å². The van der Waals surface area contributed by atoms with Gasteiger partial charge in [-0.15, -0.1) is 0 Å². The molecule has 2 heterocycles. The van der Waals surface area contributed by atoms with Crippen LogP contribution in [0.4, 0.5) is 0 Å². The Balaban J connectivity index is 2.51. The van der Waals surface area contributed by atoms with Gasteiger partial charge in [0.25, 0.3) is 5.91 Å². The number of nitrogens with zero attached hydrogens (tertiary/aromatic N) is 1. The highest BCUT2D eigenvalue weighted by Gasteiger charge is 2.41. The molecule has 0 aromatic carbocycles. The van der Waals surface area contributed by atoms with Crippen molar-refractivity contribution in [2.45, 2.75) is 45.0 Å². The number of rotatable bonds is 4. The van der Waals surface area contributed by atoms with E-state index in [1.54, 1.807) is 4.68 Å². The van der Waals surface area contributed by atoms with Gasteiger partial charge < -0.3 is 19.9 Å². The quantitative estimate of drug-likeness (QED) is 0.807. The van der Waals surface area contributed by atoms with Crippen LogP contribution in [0.5, 0.6) is 5.75 Å². The van der Waals surface area contributed by atoms with Crippen molar-refractivity contribution in [1.82, 2.24) is 9.99 Å². The molecule has 24 heavy (non-hydrogen) atoms. The number of ether oxygens (including phenoxy) is 1. The van der Waals surface area contributed by atoms with Crippen LogP contribution in [-0.2, 0) is 4.43 Å². The Morgan fingerprint density at radius 2 is 2.04 bits per heavy atom. The Hall–Kier alpha value is -1.80. The Morgan fingerprint density at radius 3 is 2.54 bits per heavy atom. The summed E-state index contributed by atoms with van der Waals surface area (Å²) in [5.41, 5.74) is 3.65. The molecular weight excluding hydrogens is 326 g/mol. The van der Waals surface area contributed by atoms with Crippen molar-refractivity contribution in [3.05, 3.63) is 27.7 Å². The van der Waals surface area contributed by atoms with Crippen molar-refractivity contribution in [2.24, 2.45) is 0 Å². The van der Waals surface area contributed by atoms with Crippen molar-refractivity contribution in [3.63, 3.8) is 0 Å². The number of carbonyl (C=O) groups is 1. The topological polar surface area (TPSA) is 81.6 Å². The molecule has 1 unspecified atom stereocenters. The van der Waals surface area contributed by atoms with Gasteiger partial charge in [0.1, 0.15) is 6.10 Å². The maximum atomic E-state index is 12.4. The summed E-state index contributed by atoms with van der Waals surface area (Å²) in [6.45, 7) is 11.3. The van der Waals surface area contributed by atoms with E-state index < -0.39 is 8.32 Å². The van der Waals surface area contributed by atoms with Crippen LogP contribution in [0, 0.1) is 0 Å². The molecule has 1 amide bonds. The SMILES string of the molecule is CNC(=O)c1c(OC)c(=O)cc2n1NCC2O[Si](C)(C)C(C)(C)C. The van der Waals surface area contributed by atoms with Gasteiger partial charge in [0.2, 0.25) is 5.43 Å². The van der Waals surface area contributed by atoms with Crippen LogP contribution in [0.3, 0.4) is 0 Å². The van der Waals surface area contributed by atoms with Gasteiger partial charge in [0, 0.05) is 13.1 Å². The third-order valence-corrected chi connectivity index (χ3v) is 9.34. The minimum Gasteiger partial charge on any atom is -0.491 e. The third kappa shape index (κ3) is 3.08. The fourth-order valence-corrected chi connectivity index (χ4v) is 3.72. The predicted octanol–water partition coefficient (Wildman–Crippen LogP) is 1.84. The molecule has 1 aromatic rings. The number of fused-ring (bicyclic) bond motifs is 1. The molecule has 8 heteroatoms. The largest absolute Gasteiger partial charge is 0.491 e. The van der Waals surface area contributed by atoms with Crippen molar-refractivity contribution in [1.29, 1.82) is 0 Å². The summed E-state index contributed by atoms with van der Waals surface area (Å²) >= 11 is 0. The summed E-state index contributed by atoms with van der Waals surface area (Å²) < 4.78 is 13.2. The van der Waals surface area contributed by atoms with Gasteiger partial charge >= 0.3 is 0 Å². The molecule has 0 radical (unpaired) electrons. The minimum absolute atomic E-state index is 0.0265. The summed E-state index contributed by atoms with van der Waals surface area (Å²) in [6, 6.07) is 1.49. The fourth-order valence-electron chi connectivity index (χ4n) is 2.45. The molecular formula is C16H27N3O4Si. The fraction of sp³-hybridized carbons (Fsp3) is 0.625. The molecule has 0 spiro atoms. The van der Waals surface area contributed by atoms with Crippen LogP contribution in [0.25, 0.3) is 0 Å². The molecule has 1 aliphatic heterocycles. The van der Waals surface area contributed by atoms with E-state index in [4.69, 9.17) is 9.16 Å².